The van der Waals surface area contributed by atoms with Crippen LogP contribution in [0.15, 0.2) is 54.0 Å². The average Bonchev–Trinajstić information content (AvgIpc) is 2.41. The highest BCUT2D eigenvalue weighted by Gasteiger charge is 2.56. The Kier molecular flexibility index (Phi) is 3.80. The average molecular weight is 290 g/mol. The summed E-state index contributed by atoms with van der Waals surface area (Å²) in [5.74, 6) is 1.40. The monoisotopic (exact) mass is 290 g/mol. The predicted molar refractivity (Wildman–Crippen MR) is 82.7 cm³/mol. The van der Waals surface area contributed by atoms with E-state index in [1.54, 1.807) is 14.2 Å². The molecule has 1 aliphatic carbocycles. The van der Waals surface area contributed by atoms with Gasteiger partial charge in [0.1, 0.15) is 0 Å². The minimum absolute atomic E-state index is 0.689. The van der Waals surface area contributed by atoms with E-state index in [1.165, 1.54) is 0 Å². The fraction of sp³-hybridized carbons (Fsp3) is 0.375. The van der Waals surface area contributed by atoms with Crippen LogP contribution in [-0.2, 0) is 19.5 Å². The van der Waals surface area contributed by atoms with Gasteiger partial charge in [0.25, 0.3) is 0 Å². The lowest BCUT2D eigenvalue weighted by Gasteiger charge is -2.48. The molecule has 0 aromatic heterocycles. The van der Waals surface area contributed by atoms with E-state index < -0.39 is 13.9 Å². The van der Waals surface area contributed by atoms with Gasteiger partial charge in [0, 0.05) is 5.57 Å². The molecule has 0 radical (unpaired) electrons. The van der Waals surface area contributed by atoms with Crippen LogP contribution in [0.2, 0.25) is 19.6 Å². The van der Waals surface area contributed by atoms with E-state index in [4.69, 9.17) is 13.9 Å². The van der Waals surface area contributed by atoms with Crippen LogP contribution in [0, 0.1) is 0 Å². The van der Waals surface area contributed by atoms with Gasteiger partial charge in [0.2, 0.25) is 0 Å². The van der Waals surface area contributed by atoms with Crippen molar-refractivity contribution in [1.82, 2.24) is 0 Å². The standard InChI is InChI=1S/C16H22O3Si/c1-12-14(17-2)15(18-3)16(12,19-20(4,5)6)13-10-8-7-9-11-13/h7-11H,1H2,2-6H3. The highest BCUT2D eigenvalue weighted by Crippen LogP contribution is 2.54. The second-order valence-corrected chi connectivity index (χ2v) is 10.2. The quantitative estimate of drug-likeness (QED) is 0.772. The molecule has 0 saturated heterocycles. The van der Waals surface area contributed by atoms with Crippen molar-refractivity contribution < 1.29 is 13.9 Å². The van der Waals surface area contributed by atoms with Crippen LogP contribution in [0.5, 0.6) is 0 Å². The molecule has 4 heteroatoms. The Morgan fingerprint density at radius 3 is 2.05 bits per heavy atom. The van der Waals surface area contributed by atoms with Crippen molar-refractivity contribution in [2.75, 3.05) is 14.2 Å². The third-order valence-electron chi connectivity index (χ3n) is 3.27. The number of hydrogen-bond donors (Lipinski definition) is 0. The molecule has 0 saturated carbocycles. The van der Waals surface area contributed by atoms with Crippen molar-refractivity contribution in [3.8, 4) is 0 Å². The minimum Gasteiger partial charge on any atom is -0.494 e. The van der Waals surface area contributed by atoms with Crippen molar-refractivity contribution in [2.24, 2.45) is 0 Å². The largest absolute Gasteiger partial charge is 0.494 e. The number of methoxy groups -OCH3 is 2. The molecule has 0 fully saturated rings. The Hall–Kier alpha value is -1.52. The molecule has 0 amide bonds. The Labute approximate surface area is 122 Å². The summed E-state index contributed by atoms with van der Waals surface area (Å²) < 4.78 is 17.4. The minimum atomic E-state index is -1.82. The second kappa shape index (κ2) is 5.11. The second-order valence-electron chi connectivity index (χ2n) is 5.81. The molecular weight excluding hydrogens is 268 g/mol. The van der Waals surface area contributed by atoms with Crippen molar-refractivity contribution in [1.29, 1.82) is 0 Å². The van der Waals surface area contributed by atoms with Crippen LogP contribution in [0.25, 0.3) is 0 Å². The lowest BCUT2D eigenvalue weighted by atomic mass is 9.74. The van der Waals surface area contributed by atoms with Gasteiger partial charge >= 0.3 is 0 Å². The van der Waals surface area contributed by atoms with Gasteiger partial charge in [-0.2, -0.15) is 0 Å². The van der Waals surface area contributed by atoms with E-state index in [0.29, 0.717) is 11.5 Å². The van der Waals surface area contributed by atoms with Gasteiger partial charge in [-0.05, 0) is 25.2 Å². The molecule has 0 bridgehead atoms. The molecule has 1 atom stereocenters. The van der Waals surface area contributed by atoms with Gasteiger partial charge in [-0.15, -0.1) is 0 Å². The summed E-state index contributed by atoms with van der Waals surface area (Å²) in [6.07, 6.45) is 0. The zero-order valence-corrected chi connectivity index (χ0v) is 13.8. The van der Waals surface area contributed by atoms with E-state index in [0.717, 1.165) is 11.1 Å². The van der Waals surface area contributed by atoms with Crippen LogP contribution in [0.1, 0.15) is 5.56 Å². The number of rotatable bonds is 5. The van der Waals surface area contributed by atoms with E-state index in [1.807, 2.05) is 30.3 Å². The first-order valence-corrected chi connectivity index (χ1v) is 10.1. The van der Waals surface area contributed by atoms with Crippen LogP contribution in [0.4, 0.5) is 0 Å². The number of ether oxygens (including phenoxy) is 2. The van der Waals surface area contributed by atoms with Crippen molar-refractivity contribution in [3.05, 3.63) is 59.6 Å². The van der Waals surface area contributed by atoms with Crippen molar-refractivity contribution in [2.45, 2.75) is 25.2 Å². The molecule has 0 heterocycles. The third kappa shape index (κ3) is 2.19. The summed E-state index contributed by atoms with van der Waals surface area (Å²) in [6, 6.07) is 10.1. The topological polar surface area (TPSA) is 27.7 Å². The molecule has 1 unspecified atom stereocenters. The number of benzene rings is 1. The first-order chi connectivity index (χ1) is 9.36. The molecule has 2 rings (SSSR count). The lowest BCUT2D eigenvalue weighted by molar-refractivity contribution is 0.0204. The SMILES string of the molecule is C=C1C(OC)=C(OC)C1(O[Si](C)(C)C)c1ccccc1. The van der Waals surface area contributed by atoms with Crippen LogP contribution in [-0.4, -0.2) is 22.5 Å². The molecule has 0 aliphatic heterocycles. The maximum atomic E-state index is 6.47. The van der Waals surface area contributed by atoms with E-state index >= 15 is 0 Å². The van der Waals surface area contributed by atoms with Crippen LogP contribution in [0.3, 0.4) is 0 Å². The van der Waals surface area contributed by atoms with E-state index in [9.17, 15) is 0 Å². The smallest absolute Gasteiger partial charge is 0.186 e. The summed E-state index contributed by atoms with van der Waals surface area (Å²) in [5.41, 5.74) is 1.15. The Morgan fingerprint density at radius 2 is 1.60 bits per heavy atom. The summed E-state index contributed by atoms with van der Waals surface area (Å²) >= 11 is 0. The molecule has 3 nitrogen and oxygen atoms in total. The molecule has 20 heavy (non-hydrogen) atoms. The van der Waals surface area contributed by atoms with Crippen molar-refractivity contribution in [3.63, 3.8) is 0 Å². The molecule has 1 aromatic rings. The highest BCUT2D eigenvalue weighted by molar-refractivity contribution is 6.69. The summed E-state index contributed by atoms with van der Waals surface area (Å²) in [4.78, 5) is 0. The lowest BCUT2D eigenvalue weighted by Crippen LogP contribution is -2.50. The molecule has 1 aromatic carbocycles. The molecule has 108 valence electrons. The van der Waals surface area contributed by atoms with Gasteiger partial charge < -0.3 is 13.9 Å². The Morgan fingerprint density at radius 1 is 1.00 bits per heavy atom. The first kappa shape index (κ1) is 14.9. The van der Waals surface area contributed by atoms with E-state index in [2.05, 4.69) is 26.2 Å². The first-order valence-electron chi connectivity index (χ1n) is 6.65. The molecule has 0 N–H and O–H groups in total. The van der Waals surface area contributed by atoms with Crippen LogP contribution >= 0.6 is 0 Å². The van der Waals surface area contributed by atoms with Gasteiger partial charge in [-0.25, -0.2) is 0 Å². The van der Waals surface area contributed by atoms with Gasteiger partial charge in [-0.3, -0.25) is 0 Å². The zero-order valence-electron chi connectivity index (χ0n) is 12.8. The zero-order chi connectivity index (χ0) is 15.0. The Balaban J connectivity index is 2.59. The molecule has 0 spiro atoms. The maximum absolute atomic E-state index is 6.47. The normalized spacial score (nSPS) is 22.6. The van der Waals surface area contributed by atoms with Gasteiger partial charge in [-0.1, -0.05) is 36.9 Å². The fourth-order valence-electron chi connectivity index (χ4n) is 2.59. The van der Waals surface area contributed by atoms with Gasteiger partial charge in [0.15, 0.2) is 25.4 Å². The molecule has 1 aliphatic rings. The number of hydrogen-bond acceptors (Lipinski definition) is 3. The summed E-state index contributed by atoms with van der Waals surface area (Å²) in [6.45, 7) is 10.6. The van der Waals surface area contributed by atoms with Crippen molar-refractivity contribution >= 4 is 8.32 Å². The summed E-state index contributed by atoms with van der Waals surface area (Å²) in [7, 11) is 1.45. The summed E-state index contributed by atoms with van der Waals surface area (Å²) in [5, 5.41) is 0. The van der Waals surface area contributed by atoms with E-state index in [-0.39, 0.29) is 0 Å². The Bertz CT molecular complexity index is 543. The fourth-order valence-corrected chi connectivity index (χ4v) is 3.84. The van der Waals surface area contributed by atoms with Gasteiger partial charge in [0.05, 0.1) is 14.2 Å². The maximum Gasteiger partial charge on any atom is 0.186 e. The highest BCUT2D eigenvalue weighted by atomic mass is 28.4. The third-order valence-corrected chi connectivity index (χ3v) is 4.19. The molecular formula is C16H22O3Si. The van der Waals surface area contributed by atoms with Crippen LogP contribution < -0.4 is 0 Å². The predicted octanol–water partition coefficient (Wildman–Crippen LogP) is 3.81.